The average molecular weight is 334 g/mol. The maximum Gasteiger partial charge on any atom is 0.0592 e. The van der Waals surface area contributed by atoms with Gasteiger partial charge in [-0.2, -0.15) is 0 Å². The summed E-state index contributed by atoms with van der Waals surface area (Å²) in [6.07, 6.45) is 0. The molecule has 0 aliphatic heterocycles. The summed E-state index contributed by atoms with van der Waals surface area (Å²) in [6, 6.07) is 6.41. The molecule has 1 unspecified atom stereocenters. The molecule has 0 bridgehead atoms. The number of hydrogen-bond acceptors (Lipinski definition) is 2. The van der Waals surface area contributed by atoms with Crippen LogP contribution in [0.1, 0.15) is 33.3 Å². The van der Waals surface area contributed by atoms with Crippen LogP contribution in [0.5, 0.6) is 0 Å². The van der Waals surface area contributed by atoms with Crippen molar-refractivity contribution in [1.82, 2.24) is 10.6 Å². The van der Waals surface area contributed by atoms with Gasteiger partial charge < -0.3 is 10.6 Å². The van der Waals surface area contributed by atoms with Crippen LogP contribution in [0.4, 0.5) is 0 Å². The van der Waals surface area contributed by atoms with E-state index in [1.54, 1.807) is 0 Å². The molecule has 0 aromatic heterocycles. The fraction of sp³-hybridized carbons (Fsp3) is 0.571. The lowest BCUT2D eigenvalue weighted by molar-refractivity contribution is 0.387. The van der Waals surface area contributed by atoms with E-state index in [2.05, 4.69) is 54.3 Å². The highest BCUT2D eigenvalue weighted by Gasteiger charge is 2.11. The largest absolute Gasteiger partial charge is 0.311 e. The summed E-state index contributed by atoms with van der Waals surface area (Å²) in [5, 5.41) is 7.74. The summed E-state index contributed by atoms with van der Waals surface area (Å²) >= 11 is 9.66. The van der Waals surface area contributed by atoms with Gasteiger partial charge in [-0.1, -0.05) is 23.7 Å². The Labute approximate surface area is 124 Å². The smallest absolute Gasteiger partial charge is 0.0592 e. The molecule has 0 aliphatic rings. The van der Waals surface area contributed by atoms with Gasteiger partial charge in [0.25, 0.3) is 0 Å². The first kappa shape index (κ1) is 16.0. The van der Waals surface area contributed by atoms with Crippen LogP contribution in [0, 0.1) is 0 Å². The van der Waals surface area contributed by atoms with Crippen LogP contribution in [0.3, 0.4) is 0 Å². The number of hydrogen-bond donors (Lipinski definition) is 2. The Morgan fingerprint density at radius 2 is 2.00 bits per heavy atom. The normalized spacial score (nSPS) is 13.7. The first-order valence-corrected chi connectivity index (χ1v) is 7.38. The van der Waals surface area contributed by atoms with Crippen LogP contribution < -0.4 is 10.6 Å². The van der Waals surface area contributed by atoms with Crippen molar-refractivity contribution in [2.45, 2.75) is 45.8 Å². The monoisotopic (exact) mass is 332 g/mol. The minimum Gasteiger partial charge on any atom is -0.311 e. The predicted octanol–water partition coefficient (Wildman–Crippen LogP) is 3.97. The van der Waals surface area contributed by atoms with Crippen molar-refractivity contribution < 1.29 is 0 Å². The van der Waals surface area contributed by atoms with Gasteiger partial charge in [0.1, 0.15) is 0 Å². The van der Waals surface area contributed by atoms with E-state index in [1.165, 1.54) is 0 Å². The molecule has 1 aromatic rings. The summed E-state index contributed by atoms with van der Waals surface area (Å²) in [4.78, 5) is 0. The summed E-state index contributed by atoms with van der Waals surface area (Å²) < 4.78 is 0.948. The Balaban J connectivity index is 2.43. The van der Waals surface area contributed by atoms with Crippen LogP contribution in [0.2, 0.25) is 5.02 Å². The van der Waals surface area contributed by atoms with Crippen molar-refractivity contribution in [1.29, 1.82) is 0 Å². The summed E-state index contributed by atoms with van der Waals surface area (Å²) in [6.45, 7) is 10.4. The molecule has 0 saturated heterocycles. The molecule has 0 aliphatic carbocycles. The van der Waals surface area contributed by atoms with Crippen LogP contribution in [-0.2, 0) is 6.54 Å². The molecule has 1 atom stereocenters. The minimum atomic E-state index is 0.156. The van der Waals surface area contributed by atoms with Gasteiger partial charge in [0.15, 0.2) is 0 Å². The molecule has 18 heavy (non-hydrogen) atoms. The summed E-state index contributed by atoms with van der Waals surface area (Å²) in [5.74, 6) is 0. The molecule has 0 fully saturated rings. The Morgan fingerprint density at radius 1 is 1.33 bits per heavy atom. The predicted molar refractivity (Wildman–Crippen MR) is 83.2 cm³/mol. The molecule has 2 N–H and O–H groups in total. The van der Waals surface area contributed by atoms with Crippen LogP contribution in [0.25, 0.3) is 0 Å². The highest BCUT2D eigenvalue weighted by molar-refractivity contribution is 9.10. The van der Waals surface area contributed by atoms with Crippen LogP contribution in [-0.4, -0.2) is 18.1 Å². The standard InChI is InChI=1S/C14H22BrClN2/c1-10(8-18-14(2,3)4)17-9-11-6-5-7-12(15)13(11)16/h5-7,10,17-18H,8-9H2,1-4H3. The van der Waals surface area contributed by atoms with Gasteiger partial charge in [-0.25, -0.2) is 0 Å². The van der Waals surface area contributed by atoms with E-state index >= 15 is 0 Å². The molecule has 102 valence electrons. The quantitative estimate of drug-likeness (QED) is 0.852. The zero-order chi connectivity index (χ0) is 13.8. The van der Waals surface area contributed by atoms with Crippen molar-refractivity contribution >= 4 is 27.5 Å². The second-order valence-corrected chi connectivity index (χ2v) is 6.86. The van der Waals surface area contributed by atoms with E-state index in [-0.39, 0.29) is 5.54 Å². The van der Waals surface area contributed by atoms with Gasteiger partial charge in [-0.05, 0) is 55.3 Å². The lowest BCUT2D eigenvalue weighted by atomic mass is 10.1. The minimum absolute atomic E-state index is 0.156. The van der Waals surface area contributed by atoms with Crippen LogP contribution >= 0.6 is 27.5 Å². The van der Waals surface area contributed by atoms with E-state index in [0.29, 0.717) is 6.04 Å². The molecular formula is C14H22BrClN2. The van der Waals surface area contributed by atoms with E-state index in [9.17, 15) is 0 Å². The van der Waals surface area contributed by atoms with E-state index in [4.69, 9.17) is 11.6 Å². The number of benzene rings is 1. The van der Waals surface area contributed by atoms with Gasteiger partial charge in [-0.15, -0.1) is 0 Å². The Morgan fingerprint density at radius 3 is 2.61 bits per heavy atom. The van der Waals surface area contributed by atoms with E-state index in [1.807, 2.05) is 18.2 Å². The van der Waals surface area contributed by atoms with Gasteiger partial charge in [-0.3, -0.25) is 0 Å². The van der Waals surface area contributed by atoms with Crippen LogP contribution in [0.15, 0.2) is 22.7 Å². The van der Waals surface area contributed by atoms with Gasteiger partial charge in [0, 0.05) is 29.1 Å². The molecule has 0 saturated carbocycles. The molecule has 0 radical (unpaired) electrons. The van der Waals surface area contributed by atoms with Gasteiger partial charge >= 0.3 is 0 Å². The fourth-order valence-corrected chi connectivity index (χ4v) is 2.10. The first-order chi connectivity index (χ1) is 8.29. The first-order valence-electron chi connectivity index (χ1n) is 6.21. The number of rotatable bonds is 5. The molecule has 1 aromatic carbocycles. The Kier molecular flexibility index (Phi) is 6.12. The average Bonchev–Trinajstić information content (AvgIpc) is 2.27. The third-order valence-corrected chi connectivity index (χ3v) is 3.95. The SMILES string of the molecule is CC(CNC(C)(C)C)NCc1cccc(Br)c1Cl. The molecule has 4 heteroatoms. The van der Waals surface area contributed by atoms with E-state index < -0.39 is 0 Å². The molecule has 0 spiro atoms. The van der Waals surface area contributed by atoms with Crippen molar-refractivity contribution in [3.8, 4) is 0 Å². The topological polar surface area (TPSA) is 24.1 Å². The molecular weight excluding hydrogens is 312 g/mol. The van der Waals surface area contributed by atoms with E-state index in [0.717, 1.165) is 28.1 Å². The van der Waals surface area contributed by atoms with Crippen molar-refractivity contribution in [2.24, 2.45) is 0 Å². The number of halogens is 2. The molecule has 2 nitrogen and oxygen atoms in total. The number of nitrogens with one attached hydrogen (secondary N) is 2. The second-order valence-electron chi connectivity index (χ2n) is 5.63. The lowest BCUT2D eigenvalue weighted by Gasteiger charge is -2.24. The fourth-order valence-electron chi connectivity index (χ4n) is 1.50. The van der Waals surface area contributed by atoms with Gasteiger partial charge in [0.2, 0.25) is 0 Å². The maximum absolute atomic E-state index is 6.22. The zero-order valence-electron chi connectivity index (χ0n) is 11.5. The summed E-state index contributed by atoms with van der Waals surface area (Å²) in [7, 11) is 0. The molecule has 0 heterocycles. The molecule has 0 amide bonds. The third kappa shape index (κ3) is 5.70. The third-order valence-electron chi connectivity index (χ3n) is 2.61. The zero-order valence-corrected chi connectivity index (χ0v) is 13.8. The van der Waals surface area contributed by atoms with Crippen molar-refractivity contribution in [3.63, 3.8) is 0 Å². The summed E-state index contributed by atoms with van der Waals surface area (Å²) in [5.41, 5.74) is 1.28. The maximum atomic E-state index is 6.22. The van der Waals surface area contributed by atoms with Crippen molar-refractivity contribution in [2.75, 3.05) is 6.54 Å². The highest BCUT2D eigenvalue weighted by atomic mass is 79.9. The molecule has 1 rings (SSSR count). The Bertz CT molecular complexity index is 388. The highest BCUT2D eigenvalue weighted by Crippen LogP contribution is 2.25. The van der Waals surface area contributed by atoms with Crippen molar-refractivity contribution in [3.05, 3.63) is 33.3 Å². The Hall–Kier alpha value is -0.0900. The van der Waals surface area contributed by atoms with Gasteiger partial charge in [0.05, 0.1) is 5.02 Å². The lowest BCUT2D eigenvalue weighted by Crippen LogP contribution is -2.44. The second kappa shape index (κ2) is 6.90.